The summed E-state index contributed by atoms with van der Waals surface area (Å²) in [5, 5.41) is 34.1. The number of carbonyl (C=O) groups is 7. The maximum atomic E-state index is 13.0. The molecule has 1 aliphatic heterocycles. The Bertz CT molecular complexity index is 1020. The minimum atomic E-state index is -1.28. The molecule has 6 amide bonds. The highest BCUT2D eigenvalue weighted by Crippen LogP contribution is 2.10. The van der Waals surface area contributed by atoms with Gasteiger partial charge >= 0.3 is 5.97 Å². The van der Waals surface area contributed by atoms with Crippen molar-refractivity contribution in [2.24, 2.45) is 17.6 Å². The van der Waals surface area contributed by atoms with Crippen LogP contribution in [0.15, 0.2) is 0 Å². The SMILES string of the molecule is CC(C)C[C@H](NC(=O)[C@H](CC(C)C)NC(=O)[C@H](C)NC(=O)[C@H](CCC(N)=O)NC(=O)CNC(=O)[C@@H]1C[C@@H](O)CN1)C(=O)O. The molecule has 1 aliphatic rings. The lowest BCUT2D eigenvalue weighted by Gasteiger charge is -2.25. The summed E-state index contributed by atoms with van der Waals surface area (Å²) in [5.41, 5.74) is 5.20. The van der Waals surface area contributed by atoms with Gasteiger partial charge in [-0.15, -0.1) is 0 Å². The molecule has 0 spiro atoms. The lowest BCUT2D eigenvalue weighted by molar-refractivity contribution is -0.143. The van der Waals surface area contributed by atoms with Crippen molar-refractivity contribution in [1.29, 1.82) is 0 Å². The summed E-state index contributed by atoms with van der Waals surface area (Å²) >= 11 is 0. The first-order valence-electron chi connectivity index (χ1n) is 14.4. The summed E-state index contributed by atoms with van der Waals surface area (Å²) in [5.74, 6) is -5.44. The molecule has 6 atom stereocenters. The number of aliphatic hydroxyl groups excluding tert-OH is 1. The molecule has 244 valence electrons. The maximum Gasteiger partial charge on any atom is 0.326 e. The van der Waals surface area contributed by atoms with Crippen LogP contribution in [-0.4, -0.2) is 101 Å². The minimum Gasteiger partial charge on any atom is -0.480 e. The topological polar surface area (TPSA) is 258 Å². The number of β-amino-alcohol motifs (C(OH)–C–C–N with tert-alkyl or cyclic N) is 1. The monoisotopic (exact) mass is 613 g/mol. The smallest absolute Gasteiger partial charge is 0.326 e. The highest BCUT2D eigenvalue weighted by atomic mass is 16.4. The van der Waals surface area contributed by atoms with E-state index in [4.69, 9.17) is 5.73 Å². The Morgan fingerprint density at radius 1 is 0.814 bits per heavy atom. The summed E-state index contributed by atoms with van der Waals surface area (Å²) in [6.07, 6.45) is -0.534. The molecular weight excluding hydrogens is 566 g/mol. The first-order valence-corrected chi connectivity index (χ1v) is 14.4. The predicted molar refractivity (Wildman–Crippen MR) is 154 cm³/mol. The van der Waals surface area contributed by atoms with Crippen LogP contribution in [0, 0.1) is 11.8 Å². The van der Waals surface area contributed by atoms with E-state index in [9.17, 15) is 43.8 Å². The molecular formula is C27H47N7O9. The maximum absolute atomic E-state index is 13.0. The van der Waals surface area contributed by atoms with Gasteiger partial charge in [-0.1, -0.05) is 27.7 Å². The van der Waals surface area contributed by atoms with E-state index in [1.807, 2.05) is 27.7 Å². The van der Waals surface area contributed by atoms with Crippen LogP contribution in [0.3, 0.4) is 0 Å². The van der Waals surface area contributed by atoms with Gasteiger partial charge in [0.25, 0.3) is 0 Å². The number of carboxylic acids is 1. The van der Waals surface area contributed by atoms with Crippen molar-refractivity contribution >= 4 is 41.4 Å². The normalized spacial score (nSPS) is 19.1. The van der Waals surface area contributed by atoms with Crippen LogP contribution >= 0.6 is 0 Å². The van der Waals surface area contributed by atoms with Crippen molar-refractivity contribution in [3.8, 4) is 0 Å². The Balaban J connectivity index is 2.83. The molecule has 0 bridgehead atoms. The molecule has 43 heavy (non-hydrogen) atoms. The minimum absolute atomic E-state index is 0.00706. The second-order valence-corrected chi connectivity index (χ2v) is 11.6. The molecule has 10 N–H and O–H groups in total. The van der Waals surface area contributed by atoms with Gasteiger partial charge in [-0.05, 0) is 44.4 Å². The van der Waals surface area contributed by atoms with Crippen LogP contribution in [0.5, 0.6) is 0 Å². The quantitative estimate of drug-likeness (QED) is 0.0768. The third-order valence-corrected chi connectivity index (χ3v) is 6.59. The molecule has 1 fully saturated rings. The lowest BCUT2D eigenvalue weighted by Crippen LogP contribution is -2.57. The number of hydrogen-bond donors (Lipinski definition) is 9. The molecule has 1 heterocycles. The fraction of sp³-hybridized carbons (Fsp3) is 0.741. The van der Waals surface area contributed by atoms with E-state index >= 15 is 0 Å². The van der Waals surface area contributed by atoms with E-state index in [-0.39, 0.29) is 50.5 Å². The zero-order valence-corrected chi connectivity index (χ0v) is 25.4. The van der Waals surface area contributed by atoms with E-state index < -0.39 is 84.3 Å². The second kappa shape index (κ2) is 18.0. The van der Waals surface area contributed by atoms with Crippen LogP contribution in [0.2, 0.25) is 0 Å². The summed E-state index contributed by atoms with van der Waals surface area (Å²) in [6.45, 7) is 8.39. The molecule has 16 nitrogen and oxygen atoms in total. The van der Waals surface area contributed by atoms with E-state index in [1.54, 1.807) is 0 Å². The Labute approximate surface area is 251 Å². The third-order valence-electron chi connectivity index (χ3n) is 6.59. The number of amides is 6. The molecule has 0 radical (unpaired) electrons. The van der Waals surface area contributed by atoms with Gasteiger partial charge in [-0.3, -0.25) is 28.8 Å². The number of hydrogen-bond acceptors (Lipinski definition) is 9. The van der Waals surface area contributed by atoms with E-state index in [2.05, 4.69) is 31.9 Å². The van der Waals surface area contributed by atoms with E-state index in [0.29, 0.717) is 0 Å². The van der Waals surface area contributed by atoms with Gasteiger partial charge < -0.3 is 47.8 Å². The number of nitrogens with one attached hydrogen (secondary N) is 6. The van der Waals surface area contributed by atoms with Gasteiger partial charge in [-0.25, -0.2) is 4.79 Å². The van der Waals surface area contributed by atoms with Crippen molar-refractivity contribution in [2.75, 3.05) is 13.1 Å². The van der Waals surface area contributed by atoms with Crippen molar-refractivity contribution < 1.29 is 43.8 Å². The van der Waals surface area contributed by atoms with Crippen LogP contribution < -0.4 is 37.6 Å². The summed E-state index contributed by atoms with van der Waals surface area (Å²) in [7, 11) is 0. The largest absolute Gasteiger partial charge is 0.480 e. The summed E-state index contributed by atoms with van der Waals surface area (Å²) in [6, 6.07) is -5.35. The molecule has 1 saturated heterocycles. The van der Waals surface area contributed by atoms with E-state index in [1.165, 1.54) is 6.92 Å². The first-order chi connectivity index (χ1) is 20.0. The Kier molecular flexibility index (Phi) is 15.6. The van der Waals surface area contributed by atoms with Gasteiger partial charge in [0.05, 0.1) is 18.7 Å². The van der Waals surface area contributed by atoms with Gasteiger partial charge in [-0.2, -0.15) is 0 Å². The Morgan fingerprint density at radius 3 is 1.88 bits per heavy atom. The molecule has 0 saturated carbocycles. The predicted octanol–water partition coefficient (Wildman–Crippen LogP) is -2.77. The lowest BCUT2D eigenvalue weighted by atomic mass is 10.0. The number of primary amides is 1. The Hall–Kier alpha value is -3.79. The van der Waals surface area contributed by atoms with Crippen LogP contribution in [0.4, 0.5) is 0 Å². The average Bonchev–Trinajstić information content (AvgIpc) is 3.34. The summed E-state index contributed by atoms with van der Waals surface area (Å²) in [4.78, 5) is 86.5. The zero-order valence-electron chi connectivity index (χ0n) is 25.4. The van der Waals surface area contributed by atoms with Crippen molar-refractivity contribution in [1.82, 2.24) is 31.9 Å². The fourth-order valence-electron chi connectivity index (χ4n) is 4.35. The van der Waals surface area contributed by atoms with Gasteiger partial charge in [0.2, 0.25) is 35.4 Å². The highest BCUT2D eigenvalue weighted by Gasteiger charge is 2.31. The highest BCUT2D eigenvalue weighted by molar-refractivity contribution is 5.95. The summed E-state index contributed by atoms with van der Waals surface area (Å²) < 4.78 is 0. The third kappa shape index (κ3) is 14.3. The van der Waals surface area contributed by atoms with Crippen LogP contribution in [0.25, 0.3) is 0 Å². The molecule has 1 rings (SSSR count). The zero-order chi connectivity index (χ0) is 32.9. The van der Waals surface area contributed by atoms with Gasteiger partial charge in [0, 0.05) is 13.0 Å². The number of aliphatic carboxylic acids is 1. The average molecular weight is 614 g/mol. The Morgan fingerprint density at radius 2 is 1.37 bits per heavy atom. The van der Waals surface area contributed by atoms with E-state index in [0.717, 1.165) is 0 Å². The van der Waals surface area contributed by atoms with Crippen molar-refractivity contribution in [2.45, 2.75) is 103 Å². The number of rotatable bonds is 18. The van der Waals surface area contributed by atoms with Crippen molar-refractivity contribution in [3.63, 3.8) is 0 Å². The van der Waals surface area contributed by atoms with Gasteiger partial charge in [0.1, 0.15) is 24.2 Å². The van der Waals surface area contributed by atoms with Crippen LogP contribution in [0.1, 0.15) is 66.7 Å². The number of aliphatic hydroxyl groups is 1. The molecule has 0 aromatic heterocycles. The number of carbonyl (C=O) groups excluding carboxylic acids is 6. The standard InChI is InChI=1S/C27H47N7O9/c1-13(2)8-19(26(41)34-20(27(42)43)9-14(3)4)33-23(38)15(5)31-25(40)17(6-7-21(28)36)32-22(37)12-30-24(39)18-10-16(35)11-29-18/h13-20,29,35H,6-12H2,1-5H3,(H2,28,36)(H,30,39)(H,31,40)(H,32,37)(H,33,38)(H,34,41)(H,42,43)/t15-,16+,17-,18-,19-,20-/m0/s1. The van der Waals surface area contributed by atoms with Gasteiger partial charge in [0.15, 0.2) is 0 Å². The fourth-order valence-corrected chi connectivity index (χ4v) is 4.35. The molecule has 0 aliphatic carbocycles. The number of carboxylic acid groups (broad SMARTS) is 1. The van der Waals surface area contributed by atoms with Crippen molar-refractivity contribution in [3.05, 3.63) is 0 Å². The molecule has 0 aromatic rings. The molecule has 0 aromatic carbocycles. The number of nitrogens with two attached hydrogens (primary N) is 1. The molecule has 16 heteroatoms. The first kappa shape index (κ1) is 37.2. The van der Waals surface area contributed by atoms with Crippen LogP contribution in [-0.2, 0) is 33.6 Å². The molecule has 0 unspecified atom stereocenters. The second-order valence-electron chi connectivity index (χ2n) is 11.6.